The van der Waals surface area contributed by atoms with Gasteiger partial charge in [0.1, 0.15) is 0 Å². The Labute approximate surface area is 161 Å². The zero-order chi connectivity index (χ0) is 19.2. The average molecular weight is 376 g/mol. The Hall–Kier alpha value is -1.79. The molecule has 27 heavy (non-hydrogen) atoms. The van der Waals surface area contributed by atoms with Crippen molar-refractivity contribution < 1.29 is 19.4 Å². The molecule has 2 fully saturated rings. The highest BCUT2D eigenvalue weighted by atomic mass is 16.5. The van der Waals surface area contributed by atoms with E-state index in [0.717, 1.165) is 39.0 Å². The summed E-state index contributed by atoms with van der Waals surface area (Å²) in [5, 5.41) is 13.0. The van der Waals surface area contributed by atoms with Gasteiger partial charge in [-0.3, -0.25) is 4.79 Å². The van der Waals surface area contributed by atoms with Crippen molar-refractivity contribution >= 4 is 5.91 Å². The largest absolute Gasteiger partial charge is 0.490 e. The summed E-state index contributed by atoms with van der Waals surface area (Å²) in [6.07, 6.45) is 2.01. The maximum absolute atomic E-state index is 13.0. The van der Waals surface area contributed by atoms with E-state index in [-0.39, 0.29) is 12.5 Å². The Morgan fingerprint density at radius 1 is 1.15 bits per heavy atom. The number of hydrogen-bond acceptors (Lipinski definition) is 5. The molecular formula is C21H32N2O4. The first-order chi connectivity index (χ1) is 13.2. The Balaban J connectivity index is 1.62. The number of rotatable bonds is 7. The van der Waals surface area contributed by atoms with Gasteiger partial charge in [-0.25, -0.2) is 0 Å². The average Bonchev–Trinajstić information content (AvgIpc) is 3.18. The van der Waals surface area contributed by atoms with Crippen LogP contribution >= 0.6 is 0 Å². The van der Waals surface area contributed by atoms with Crippen LogP contribution in [0.25, 0.3) is 0 Å². The number of hydrogen-bond donors (Lipinski definition) is 2. The van der Waals surface area contributed by atoms with Crippen LogP contribution in [0.5, 0.6) is 11.5 Å². The predicted octanol–water partition coefficient (Wildman–Crippen LogP) is 2.16. The van der Waals surface area contributed by atoms with Gasteiger partial charge in [0.2, 0.25) is 0 Å². The van der Waals surface area contributed by atoms with Crippen molar-refractivity contribution in [3.05, 3.63) is 23.8 Å². The van der Waals surface area contributed by atoms with Crippen molar-refractivity contribution in [2.75, 3.05) is 46.0 Å². The van der Waals surface area contributed by atoms with Gasteiger partial charge in [0.05, 0.1) is 13.2 Å². The third-order valence-electron chi connectivity index (χ3n) is 5.85. The SMILES string of the molecule is CCOc1ccc(C(=O)N2CCC([C@@H]3CNC[C@H]3CO)CC2)cc1OCC. The molecule has 1 aromatic carbocycles. The molecule has 3 rings (SSSR count). The number of likely N-dealkylation sites (tertiary alicyclic amines) is 1. The lowest BCUT2D eigenvalue weighted by Gasteiger charge is -2.36. The predicted molar refractivity (Wildman–Crippen MR) is 104 cm³/mol. The van der Waals surface area contributed by atoms with E-state index in [1.54, 1.807) is 6.07 Å². The van der Waals surface area contributed by atoms with E-state index in [1.807, 2.05) is 30.9 Å². The van der Waals surface area contributed by atoms with Crippen LogP contribution < -0.4 is 14.8 Å². The molecule has 2 aliphatic rings. The summed E-state index contributed by atoms with van der Waals surface area (Å²) in [6.45, 7) is 8.64. The van der Waals surface area contributed by atoms with E-state index in [4.69, 9.17) is 9.47 Å². The Bertz CT molecular complexity index is 629. The van der Waals surface area contributed by atoms with Crippen molar-refractivity contribution in [2.45, 2.75) is 26.7 Å². The fraction of sp³-hybridized carbons (Fsp3) is 0.667. The Morgan fingerprint density at radius 2 is 1.85 bits per heavy atom. The number of piperidine rings is 1. The number of carbonyl (C=O) groups excluding carboxylic acids is 1. The minimum Gasteiger partial charge on any atom is -0.490 e. The fourth-order valence-corrected chi connectivity index (χ4v) is 4.40. The van der Waals surface area contributed by atoms with Crippen LogP contribution in [-0.2, 0) is 0 Å². The summed E-state index contributed by atoms with van der Waals surface area (Å²) in [6, 6.07) is 5.45. The lowest BCUT2D eigenvalue weighted by atomic mass is 9.78. The van der Waals surface area contributed by atoms with Crippen LogP contribution in [0.4, 0.5) is 0 Å². The molecule has 2 N–H and O–H groups in total. The van der Waals surface area contributed by atoms with Crippen molar-refractivity contribution in [3.63, 3.8) is 0 Å². The van der Waals surface area contributed by atoms with Crippen molar-refractivity contribution in [1.82, 2.24) is 10.2 Å². The minimum absolute atomic E-state index is 0.0562. The maximum Gasteiger partial charge on any atom is 0.253 e. The third-order valence-corrected chi connectivity index (χ3v) is 5.85. The van der Waals surface area contributed by atoms with Crippen molar-refractivity contribution in [3.8, 4) is 11.5 Å². The Kier molecular flexibility index (Phi) is 6.96. The zero-order valence-corrected chi connectivity index (χ0v) is 16.4. The summed E-state index contributed by atoms with van der Waals surface area (Å²) in [5.74, 6) is 2.84. The standard InChI is InChI=1S/C21H32N2O4/c1-3-26-19-6-5-16(11-20(19)27-4-2)21(25)23-9-7-15(8-10-23)18-13-22-12-17(18)14-24/h5-6,11,15,17-18,22,24H,3-4,7-10,12-14H2,1-2H3/t17-,18-/m0/s1. The first-order valence-electron chi connectivity index (χ1n) is 10.2. The minimum atomic E-state index is 0.0562. The van der Waals surface area contributed by atoms with E-state index in [9.17, 15) is 9.90 Å². The molecule has 2 heterocycles. The van der Waals surface area contributed by atoms with Crippen LogP contribution in [-0.4, -0.2) is 61.9 Å². The lowest BCUT2D eigenvalue weighted by molar-refractivity contribution is 0.0625. The molecule has 0 bridgehead atoms. The molecule has 0 unspecified atom stereocenters. The number of amides is 1. The summed E-state index contributed by atoms with van der Waals surface area (Å²) in [4.78, 5) is 14.9. The number of aliphatic hydroxyl groups is 1. The molecule has 1 amide bonds. The topological polar surface area (TPSA) is 71.0 Å². The van der Waals surface area contributed by atoms with Crippen LogP contribution in [0.15, 0.2) is 18.2 Å². The van der Waals surface area contributed by atoms with E-state index in [2.05, 4.69) is 5.32 Å². The smallest absolute Gasteiger partial charge is 0.253 e. The normalized spacial score (nSPS) is 23.4. The highest BCUT2D eigenvalue weighted by Crippen LogP contribution is 2.33. The van der Waals surface area contributed by atoms with Crippen LogP contribution in [0, 0.1) is 17.8 Å². The van der Waals surface area contributed by atoms with Gasteiger partial charge in [0.25, 0.3) is 5.91 Å². The van der Waals surface area contributed by atoms with Gasteiger partial charge < -0.3 is 24.8 Å². The molecule has 150 valence electrons. The molecule has 0 saturated carbocycles. The highest BCUT2D eigenvalue weighted by Gasteiger charge is 2.35. The molecule has 0 radical (unpaired) electrons. The second kappa shape index (κ2) is 9.42. The summed E-state index contributed by atoms with van der Waals surface area (Å²) < 4.78 is 11.2. The number of aliphatic hydroxyl groups excluding tert-OH is 1. The number of nitrogens with zero attached hydrogens (tertiary/aromatic N) is 1. The third kappa shape index (κ3) is 4.55. The van der Waals surface area contributed by atoms with Gasteiger partial charge in [-0.05, 0) is 69.2 Å². The van der Waals surface area contributed by atoms with Gasteiger partial charge in [-0.15, -0.1) is 0 Å². The summed E-state index contributed by atoms with van der Waals surface area (Å²) in [5.41, 5.74) is 0.649. The van der Waals surface area contributed by atoms with Crippen LogP contribution in [0.1, 0.15) is 37.0 Å². The van der Waals surface area contributed by atoms with E-state index in [0.29, 0.717) is 48.0 Å². The molecule has 6 nitrogen and oxygen atoms in total. The second-order valence-corrected chi connectivity index (χ2v) is 7.42. The molecule has 6 heteroatoms. The van der Waals surface area contributed by atoms with Gasteiger partial charge in [-0.2, -0.15) is 0 Å². The first-order valence-corrected chi connectivity index (χ1v) is 10.2. The van der Waals surface area contributed by atoms with Gasteiger partial charge in [-0.1, -0.05) is 0 Å². The number of carbonyl (C=O) groups is 1. The van der Waals surface area contributed by atoms with Gasteiger partial charge in [0, 0.05) is 31.8 Å². The number of nitrogens with one attached hydrogen (secondary N) is 1. The van der Waals surface area contributed by atoms with E-state index >= 15 is 0 Å². The first kappa shape index (κ1) is 20.0. The molecular weight excluding hydrogens is 344 g/mol. The van der Waals surface area contributed by atoms with E-state index in [1.165, 1.54) is 0 Å². The van der Waals surface area contributed by atoms with Crippen molar-refractivity contribution in [1.29, 1.82) is 0 Å². The Morgan fingerprint density at radius 3 is 2.52 bits per heavy atom. The molecule has 2 atom stereocenters. The van der Waals surface area contributed by atoms with E-state index < -0.39 is 0 Å². The van der Waals surface area contributed by atoms with Gasteiger partial charge >= 0.3 is 0 Å². The zero-order valence-electron chi connectivity index (χ0n) is 16.4. The molecule has 2 saturated heterocycles. The molecule has 0 aliphatic carbocycles. The lowest BCUT2D eigenvalue weighted by Crippen LogP contribution is -2.41. The number of benzene rings is 1. The summed E-state index contributed by atoms with van der Waals surface area (Å²) in [7, 11) is 0. The molecule has 0 spiro atoms. The van der Waals surface area contributed by atoms with Crippen LogP contribution in [0.3, 0.4) is 0 Å². The monoisotopic (exact) mass is 376 g/mol. The quantitative estimate of drug-likeness (QED) is 0.763. The second-order valence-electron chi connectivity index (χ2n) is 7.42. The molecule has 1 aromatic rings. The maximum atomic E-state index is 13.0. The summed E-state index contributed by atoms with van der Waals surface area (Å²) >= 11 is 0. The fourth-order valence-electron chi connectivity index (χ4n) is 4.40. The van der Waals surface area contributed by atoms with Gasteiger partial charge in [0.15, 0.2) is 11.5 Å². The van der Waals surface area contributed by atoms with Crippen LogP contribution in [0.2, 0.25) is 0 Å². The number of ether oxygens (including phenoxy) is 2. The van der Waals surface area contributed by atoms with Crippen molar-refractivity contribution in [2.24, 2.45) is 17.8 Å². The molecule has 2 aliphatic heterocycles. The highest BCUT2D eigenvalue weighted by molar-refractivity contribution is 5.95. The molecule has 0 aromatic heterocycles.